The molecule has 3 aliphatic heterocycles. The van der Waals surface area contributed by atoms with Gasteiger partial charge in [0.05, 0.1) is 38.6 Å². The van der Waals surface area contributed by atoms with Crippen LogP contribution in [0, 0.1) is 0 Å². The molecular weight excluding hydrogens is 1410 g/mol. The van der Waals surface area contributed by atoms with Crippen LogP contribution in [0.1, 0.15) is 399 Å². The van der Waals surface area contributed by atoms with Crippen molar-refractivity contribution in [2.45, 2.75) is 503 Å². The largest absolute Gasteiger partial charge is 0.394 e. The van der Waals surface area contributed by atoms with Gasteiger partial charge in [0.15, 0.2) is 18.9 Å². The van der Waals surface area contributed by atoms with Gasteiger partial charge in [0.2, 0.25) is 5.91 Å². The van der Waals surface area contributed by atoms with Gasteiger partial charge in [0, 0.05) is 6.42 Å². The normalized spacial score (nSPS) is 25.2. The van der Waals surface area contributed by atoms with E-state index in [0.717, 1.165) is 57.8 Å². The lowest BCUT2D eigenvalue weighted by molar-refractivity contribution is -0.379. The Labute approximate surface area is 675 Å². The van der Waals surface area contributed by atoms with E-state index in [0.29, 0.717) is 6.42 Å². The third kappa shape index (κ3) is 50.3. The molecule has 17 unspecified atom stereocenters. The maximum Gasteiger partial charge on any atom is 0.220 e. The Kier molecular flexibility index (Phi) is 66.6. The monoisotopic (exact) mass is 1580 g/mol. The number of amides is 1. The van der Waals surface area contributed by atoms with Crippen molar-refractivity contribution in [3.63, 3.8) is 0 Å². The van der Waals surface area contributed by atoms with E-state index in [2.05, 4.69) is 55.6 Å². The predicted octanol–water partition coefficient (Wildman–Crippen LogP) is 18.0. The van der Waals surface area contributed by atoms with Gasteiger partial charge in [-0.25, -0.2) is 0 Å². The van der Waals surface area contributed by atoms with Crippen molar-refractivity contribution in [2.24, 2.45) is 0 Å². The van der Waals surface area contributed by atoms with E-state index in [-0.39, 0.29) is 18.9 Å². The predicted molar refractivity (Wildman–Crippen MR) is 448 cm³/mol. The molecule has 19 nitrogen and oxygen atoms in total. The summed E-state index contributed by atoms with van der Waals surface area (Å²) in [6, 6.07) is -0.976. The molecular formula is C92H171NO18. The zero-order valence-corrected chi connectivity index (χ0v) is 70.5. The van der Waals surface area contributed by atoms with Crippen LogP contribution in [0.3, 0.4) is 0 Å². The topological polar surface area (TPSA) is 307 Å². The van der Waals surface area contributed by atoms with Gasteiger partial charge >= 0.3 is 0 Å². The van der Waals surface area contributed by atoms with Gasteiger partial charge in [-0.3, -0.25) is 4.79 Å². The molecule has 0 aliphatic carbocycles. The maximum atomic E-state index is 13.5. The first-order valence-electron chi connectivity index (χ1n) is 46.4. The van der Waals surface area contributed by atoms with Crippen molar-refractivity contribution in [1.82, 2.24) is 5.32 Å². The van der Waals surface area contributed by atoms with Gasteiger partial charge in [-0.15, -0.1) is 0 Å². The van der Waals surface area contributed by atoms with Crippen LogP contribution in [0.15, 0.2) is 48.6 Å². The van der Waals surface area contributed by atoms with Crippen LogP contribution >= 0.6 is 0 Å². The average Bonchev–Trinajstić information content (AvgIpc) is 0.780. The highest BCUT2D eigenvalue weighted by molar-refractivity contribution is 5.76. The SMILES string of the molecule is CCCCCCC/C=C\C/C=C\C/C=C\CCCCCCCCCCCCCCCCCCCCC(=O)NC(COC1OC(CO)C(OC2OC(CO)C(OC3OC(CO)C(O)C(O)C3O)C(O)C2O)C(O)C1O)C(O)/C=C/CCCCCCCCCCCCCCCCCCCCCCCCCCCCCCCCC. The number of ether oxygens (including phenoxy) is 6. The van der Waals surface area contributed by atoms with E-state index in [9.17, 15) is 61.0 Å². The first kappa shape index (κ1) is 103. The highest BCUT2D eigenvalue weighted by Crippen LogP contribution is 2.34. The number of rotatable bonds is 76. The maximum absolute atomic E-state index is 13.5. The van der Waals surface area contributed by atoms with Crippen LogP contribution in [0.4, 0.5) is 0 Å². The molecule has 1 amide bonds. The second-order valence-corrected chi connectivity index (χ2v) is 33.1. The molecule has 0 spiro atoms. The number of aliphatic hydroxyl groups is 11. The Balaban J connectivity index is 1.32. The Hall–Kier alpha value is -2.25. The second kappa shape index (κ2) is 71.8. The van der Waals surface area contributed by atoms with Gasteiger partial charge in [0.1, 0.15) is 73.2 Å². The molecule has 0 saturated carbocycles. The molecule has 0 bridgehead atoms. The summed E-state index contributed by atoms with van der Waals surface area (Å²) >= 11 is 0. The van der Waals surface area contributed by atoms with Gasteiger partial charge in [-0.1, -0.05) is 383 Å². The smallest absolute Gasteiger partial charge is 0.220 e. The molecule has 0 aromatic carbocycles. The Morgan fingerprint density at radius 1 is 0.324 bits per heavy atom. The average molecular weight is 1580 g/mol. The summed E-state index contributed by atoms with van der Waals surface area (Å²) in [4.78, 5) is 13.5. The fourth-order valence-electron chi connectivity index (χ4n) is 15.7. The van der Waals surface area contributed by atoms with Crippen LogP contribution in [-0.2, 0) is 33.2 Å². The van der Waals surface area contributed by atoms with Crippen LogP contribution in [0.2, 0.25) is 0 Å². The fraction of sp³-hybridized carbons (Fsp3) is 0.902. The molecule has 0 radical (unpaired) electrons. The van der Waals surface area contributed by atoms with Gasteiger partial charge in [-0.2, -0.15) is 0 Å². The summed E-state index contributed by atoms with van der Waals surface area (Å²) in [6.45, 7) is 1.79. The molecule has 17 atom stereocenters. The third-order valence-corrected chi connectivity index (χ3v) is 23.1. The summed E-state index contributed by atoms with van der Waals surface area (Å²) in [5.41, 5.74) is 0. The molecule has 3 saturated heterocycles. The quantitative estimate of drug-likeness (QED) is 0.0199. The molecule has 3 fully saturated rings. The van der Waals surface area contributed by atoms with Crippen LogP contribution in [0.5, 0.6) is 0 Å². The zero-order valence-electron chi connectivity index (χ0n) is 70.5. The van der Waals surface area contributed by atoms with E-state index in [4.69, 9.17) is 28.4 Å². The number of unbranched alkanes of at least 4 members (excludes halogenated alkanes) is 54. The van der Waals surface area contributed by atoms with E-state index in [1.54, 1.807) is 6.08 Å². The zero-order chi connectivity index (χ0) is 80.3. The molecule has 0 aromatic heterocycles. The molecule has 19 heteroatoms. The first-order chi connectivity index (χ1) is 54.3. The Morgan fingerprint density at radius 3 is 0.928 bits per heavy atom. The number of nitrogens with one attached hydrogen (secondary N) is 1. The Bertz CT molecular complexity index is 2190. The second-order valence-electron chi connectivity index (χ2n) is 33.1. The summed E-state index contributed by atoms with van der Waals surface area (Å²) in [5.74, 6) is -0.269. The van der Waals surface area contributed by atoms with Crippen LogP contribution < -0.4 is 5.32 Å². The summed E-state index contributed by atoms with van der Waals surface area (Å²) in [7, 11) is 0. The van der Waals surface area contributed by atoms with Gasteiger partial charge < -0.3 is 89.9 Å². The van der Waals surface area contributed by atoms with Gasteiger partial charge in [-0.05, 0) is 57.8 Å². The fourth-order valence-corrected chi connectivity index (χ4v) is 15.7. The number of hydrogen-bond acceptors (Lipinski definition) is 18. The van der Waals surface area contributed by atoms with Crippen LogP contribution in [-0.4, -0.2) is 193 Å². The molecule has 111 heavy (non-hydrogen) atoms. The molecule has 3 rings (SSSR count). The van der Waals surface area contributed by atoms with E-state index >= 15 is 0 Å². The lowest BCUT2D eigenvalue weighted by atomic mass is 9.96. The molecule has 12 N–H and O–H groups in total. The Morgan fingerprint density at radius 2 is 0.595 bits per heavy atom. The first-order valence-corrected chi connectivity index (χ1v) is 46.4. The lowest BCUT2D eigenvalue weighted by Crippen LogP contribution is -2.66. The molecule has 3 aliphatic rings. The van der Waals surface area contributed by atoms with Crippen molar-refractivity contribution < 1.29 is 89.4 Å². The van der Waals surface area contributed by atoms with E-state index in [1.165, 1.54) is 315 Å². The van der Waals surface area contributed by atoms with E-state index in [1.807, 2.05) is 6.08 Å². The van der Waals surface area contributed by atoms with Crippen molar-refractivity contribution in [2.75, 3.05) is 26.4 Å². The highest BCUT2D eigenvalue weighted by Gasteiger charge is 2.54. The van der Waals surface area contributed by atoms with Crippen molar-refractivity contribution >= 4 is 5.91 Å². The minimum absolute atomic E-state index is 0.245. The number of carbonyl (C=O) groups is 1. The standard InChI is InChI=1S/C92H171NO18/c1-3-5-7-9-11-13-15-17-19-21-23-25-27-29-31-33-35-37-39-41-43-45-47-49-51-53-55-57-59-61-63-65-67-69-76(97)75(74-106-90-86(104)83(101)88(78(72-95)108-90)111-92-87(105)84(102)89(79(73-96)109-92)110-91-85(103)82(100)81(99)77(71-94)107-91)93-80(98)70-68-66-64-62-60-58-56-54-52-50-48-46-44-42-40-38-36-34-32-30-28-26-24-22-20-18-16-14-12-10-8-6-4-2/h16,18,22,24,28,30,67,69,75-79,81-92,94-97,99-105H,3-15,17,19-21,23,25-27,29,31-66,68,70-74H2,1-2H3,(H,93,98)/b18-16-,24-22-,30-28-,69-67+. The van der Waals surface area contributed by atoms with Crippen molar-refractivity contribution in [1.29, 1.82) is 0 Å². The minimum Gasteiger partial charge on any atom is -0.394 e. The number of hydrogen-bond donors (Lipinski definition) is 12. The van der Waals surface area contributed by atoms with E-state index < -0.39 is 124 Å². The van der Waals surface area contributed by atoms with Gasteiger partial charge in [0.25, 0.3) is 0 Å². The summed E-state index contributed by atoms with van der Waals surface area (Å²) < 4.78 is 34.6. The lowest BCUT2D eigenvalue weighted by Gasteiger charge is -2.48. The number of aliphatic hydroxyl groups excluding tert-OH is 11. The minimum atomic E-state index is -1.98. The third-order valence-electron chi connectivity index (χ3n) is 23.1. The number of allylic oxidation sites excluding steroid dienone is 7. The van der Waals surface area contributed by atoms with Crippen molar-refractivity contribution in [3.05, 3.63) is 48.6 Å². The molecule has 652 valence electrons. The molecule has 0 aromatic rings. The highest BCUT2D eigenvalue weighted by atomic mass is 16.8. The summed E-state index contributed by atoms with van der Waals surface area (Å²) in [5, 5.41) is 121. The number of carbonyl (C=O) groups excluding carboxylic acids is 1. The van der Waals surface area contributed by atoms with Crippen LogP contribution in [0.25, 0.3) is 0 Å². The summed E-state index contributed by atoms with van der Waals surface area (Å²) in [6.07, 6.45) is 66.9. The molecule has 3 heterocycles. The van der Waals surface area contributed by atoms with Crippen molar-refractivity contribution in [3.8, 4) is 0 Å².